The van der Waals surface area contributed by atoms with Gasteiger partial charge >= 0.3 is 0 Å². The van der Waals surface area contributed by atoms with Crippen LogP contribution in [0.3, 0.4) is 0 Å². The third-order valence-corrected chi connectivity index (χ3v) is 7.84. The van der Waals surface area contributed by atoms with Crippen molar-refractivity contribution >= 4 is 61.2 Å². The summed E-state index contributed by atoms with van der Waals surface area (Å²) in [7, 11) is -4.47. The quantitative estimate of drug-likeness (QED) is 0.0695. The first-order valence-corrected chi connectivity index (χ1v) is 15.2. The fraction of sp³-hybridized carbons (Fsp3) is 0.296. The standard InChI is InChI=1S/C27H29Cl3N4O6S/c1-5-37-17-9-11-22(24(13-17)39-7-3)31-33-27(41(35,36)26-16-20(29)19(28)15-21(26)30)34-32-23-12-10-18(38-6-2)14-25(23)40-8-4/h9-16,31H,5-8H2,1-4H3/b33-27-,34-32?. The van der Waals surface area contributed by atoms with E-state index in [0.717, 1.165) is 6.07 Å². The van der Waals surface area contributed by atoms with Gasteiger partial charge in [0.2, 0.25) is 9.84 Å². The molecule has 0 heterocycles. The lowest BCUT2D eigenvalue weighted by Gasteiger charge is -2.13. The normalized spacial score (nSPS) is 11.9. The number of benzene rings is 3. The number of nitrogens with one attached hydrogen (secondary N) is 1. The molecule has 0 aliphatic rings. The maximum absolute atomic E-state index is 13.7. The van der Waals surface area contributed by atoms with E-state index in [1.807, 2.05) is 20.8 Å². The SMILES string of the molecule is CCOc1ccc(N=N/C(=N/Nc2ccc(OCC)cc2OCC)S(=O)(=O)c2cc(Cl)c(Cl)cc2Cl)c(OCC)c1. The third-order valence-electron chi connectivity index (χ3n) is 5.13. The van der Waals surface area contributed by atoms with Crippen molar-refractivity contribution in [1.29, 1.82) is 0 Å². The number of ether oxygens (including phenoxy) is 4. The third kappa shape index (κ3) is 8.38. The van der Waals surface area contributed by atoms with Crippen LogP contribution in [0.15, 0.2) is 68.8 Å². The van der Waals surface area contributed by atoms with Crippen LogP contribution in [0.1, 0.15) is 27.7 Å². The molecule has 0 bridgehead atoms. The summed E-state index contributed by atoms with van der Waals surface area (Å²) in [6.07, 6.45) is 0. The van der Waals surface area contributed by atoms with Gasteiger partial charge in [0.15, 0.2) is 0 Å². The second-order valence-electron chi connectivity index (χ2n) is 7.93. The maximum Gasteiger partial charge on any atom is 0.289 e. The fourth-order valence-corrected chi connectivity index (χ4v) is 5.40. The Hall–Kier alpha value is -3.25. The van der Waals surface area contributed by atoms with Crippen LogP contribution < -0.4 is 24.4 Å². The lowest BCUT2D eigenvalue weighted by Crippen LogP contribution is -2.15. The summed E-state index contributed by atoms with van der Waals surface area (Å²) < 4.78 is 49.9. The van der Waals surface area contributed by atoms with Gasteiger partial charge in [-0.2, -0.15) is 0 Å². The molecule has 10 nitrogen and oxygen atoms in total. The van der Waals surface area contributed by atoms with Gasteiger partial charge in [0, 0.05) is 12.1 Å². The summed E-state index contributed by atoms with van der Waals surface area (Å²) >= 11 is 18.4. The van der Waals surface area contributed by atoms with Gasteiger partial charge in [0.25, 0.3) is 5.17 Å². The van der Waals surface area contributed by atoms with Crippen molar-refractivity contribution in [2.45, 2.75) is 32.6 Å². The molecule has 0 amide bonds. The molecule has 220 valence electrons. The molecule has 0 atom stereocenters. The van der Waals surface area contributed by atoms with Crippen LogP contribution in [-0.4, -0.2) is 40.0 Å². The van der Waals surface area contributed by atoms with Crippen LogP contribution in [0.25, 0.3) is 0 Å². The van der Waals surface area contributed by atoms with E-state index in [9.17, 15) is 8.42 Å². The Morgan fingerprint density at radius 2 is 1.29 bits per heavy atom. The van der Waals surface area contributed by atoms with Crippen LogP contribution in [0, 0.1) is 0 Å². The Morgan fingerprint density at radius 3 is 1.93 bits per heavy atom. The summed E-state index contributed by atoms with van der Waals surface area (Å²) in [4.78, 5) is -0.360. The second-order valence-corrected chi connectivity index (χ2v) is 11.0. The Bertz CT molecular complexity index is 1530. The highest BCUT2D eigenvalue weighted by atomic mass is 35.5. The minimum atomic E-state index is -4.47. The minimum absolute atomic E-state index is 0.0193. The maximum atomic E-state index is 13.7. The summed E-state index contributed by atoms with van der Waals surface area (Å²) in [6.45, 7) is 8.90. The molecule has 0 spiro atoms. The predicted molar refractivity (Wildman–Crippen MR) is 162 cm³/mol. The number of azo groups is 1. The smallest absolute Gasteiger partial charge is 0.289 e. The van der Waals surface area contributed by atoms with Crippen molar-refractivity contribution < 1.29 is 27.4 Å². The number of anilines is 1. The van der Waals surface area contributed by atoms with Gasteiger partial charge < -0.3 is 18.9 Å². The number of hydrogen-bond donors (Lipinski definition) is 1. The summed E-state index contributed by atoms with van der Waals surface area (Å²) in [5.74, 6) is 1.84. The van der Waals surface area contributed by atoms with Gasteiger partial charge in [-0.1, -0.05) is 34.8 Å². The highest BCUT2D eigenvalue weighted by Gasteiger charge is 2.28. The zero-order valence-corrected chi connectivity index (χ0v) is 25.9. The summed E-state index contributed by atoms with van der Waals surface area (Å²) in [5, 5.41) is 11.4. The Morgan fingerprint density at radius 1 is 0.732 bits per heavy atom. The molecular formula is C27H29Cl3N4O6S. The number of sulfone groups is 1. The van der Waals surface area contributed by atoms with E-state index < -0.39 is 15.0 Å². The number of hydrazone groups is 1. The molecule has 0 saturated heterocycles. The van der Waals surface area contributed by atoms with Gasteiger partial charge in [-0.05, 0) is 64.1 Å². The lowest BCUT2D eigenvalue weighted by molar-refractivity contribution is 0.323. The lowest BCUT2D eigenvalue weighted by atomic mass is 10.3. The molecular weight excluding hydrogens is 615 g/mol. The van der Waals surface area contributed by atoms with Gasteiger partial charge in [-0.25, -0.2) is 8.42 Å². The van der Waals surface area contributed by atoms with Gasteiger partial charge in [0.1, 0.15) is 28.7 Å². The summed E-state index contributed by atoms with van der Waals surface area (Å²) in [6, 6.07) is 12.2. The number of halogens is 3. The number of amidine groups is 1. The van der Waals surface area contributed by atoms with E-state index >= 15 is 0 Å². The van der Waals surface area contributed by atoms with E-state index in [0.29, 0.717) is 55.1 Å². The highest BCUT2D eigenvalue weighted by Crippen LogP contribution is 2.35. The molecule has 0 unspecified atom stereocenters. The topological polar surface area (TPSA) is 120 Å². The first-order chi connectivity index (χ1) is 19.6. The Labute approximate surface area is 254 Å². The molecule has 1 N–H and O–H groups in total. The van der Waals surface area contributed by atoms with Crippen LogP contribution in [0.2, 0.25) is 15.1 Å². The largest absolute Gasteiger partial charge is 0.494 e. The van der Waals surface area contributed by atoms with Crippen LogP contribution >= 0.6 is 34.8 Å². The van der Waals surface area contributed by atoms with E-state index in [1.165, 1.54) is 6.07 Å². The molecule has 14 heteroatoms. The van der Waals surface area contributed by atoms with Gasteiger partial charge in [0.05, 0.1) is 52.1 Å². The predicted octanol–water partition coefficient (Wildman–Crippen LogP) is 8.18. The Balaban J connectivity index is 2.13. The molecule has 3 aromatic rings. The van der Waals surface area contributed by atoms with Crippen LogP contribution in [0.5, 0.6) is 23.0 Å². The summed E-state index contributed by atoms with van der Waals surface area (Å²) in [5.41, 5.74) is 3.31. The number of nitrogens with zero attached hydrogens (tertiary/aromatic N) is 3. The van der Waals surface area contributed by atoms with Gasteiger partial charge in [-0.3, -0.25) is 5.43 Å². The van der Waals surface area contributed by atoms with Crippen molar-refractivity contribution in [2.24, 2.45) is 15.3 Å². The first kappa shape index (κ1) is 32.3. The molecule has 3 rings (SSSR count). The zero-order chi connectivity index (χ0) is 30.0. The molecule has 3 aromatic carbocycles. The fourth-order valence-electron chi connectivity index (χ4n) is 3.38. The monoisotopic (exact) mass is 642 g/mol. The molecule has 0 aliphatic heterocycles. The number of hydrogen-bond acceptors (Lipinski definition) is 9. The van der Waals surface area contributed by atoms with Crippen molar-refractivity contribution in [2.75, 3.05) is 31.9 Å². The second kappa shape index (κ2) is 15.1. The van der Waals surface area contributed by atoms with Crippen LogP contribution in [-0.2, 0) is 9.84 Å². The van der Waals surface area contributed by atoms with Crippen molar-refractivity contribution in [3.63, 3.8) is 0 Å². The Kier molecular flexibility index (Phi) is 11.9. The average molecular weight is 644 g/mol. The average Bonchev–Trinajstić information content (AvgIpc) is 2.93. The zero-order valence-electron chi connectivity index (χ0n) is 22.8. The van der Waals surface area contributed by atoms with E-state index in [4.69, 9.17) is 53.8 Å². The van der Waals surface area contributed by atoms with Gasteiger partial charge in [-0.15, -0.1) is 15.3 Å². The highest BCUT2D eigenvalue weighted by molar-refractivity contribution is 8.06. The first-order valence-electron chi connectivity index (χ1n) is 12.6. The molecule has 41 heavy (non-hydrogen) atoms. The molecule has 0 saturated carbocycles. The van der Waals surface area contributed by atoms with Crippen molar-refractivity contribution in [1.82, 2.24) is 0 Å². The van der Waals surface area contributed by atoms with E-state index in [-0.39, 0.29) is 25.7 Å². The molecule has 0 fully saturated rings. The molecule has 0 radical (unpaired) electrons. The number of rotatable bonds is 12. The molecule has 0 aliphatic carbocycles. The van der Waals surface area contributed by atoms with Crippen molar-refractivity contribution in [3.8, 4) is 23.0 Å². The molecule has 0 aromatic heterocycles. The van der Waals surface area contributed by atoms with E-state index in [2.05, 4.69) is 20.8 Å². The van der Waals surface area contributed by atoms with Crippen molar-refractivity contribution in [3.05, 3.63) is 63.6 Å². The van der Waals surface area contributed by atoms with E-state index in [1.54, 1.807) is 43.3 Å². The minimum Gasteiger partial charge on any atom is -0.494 e. The van der Waals surface area contributed by atoms with Crippen LogP contribution in [0.4, 0.5) is 11.4 Å².